The minimum atomic E-state index is -0.367. The first kappa shape index (κ1) is 11.5. The zero-order valence-corrected chi connectivity index (χ0v) is 10.2. The van der Waals surface area contributed by atoms with Gasteiger partial charge in [-0.05, 0) is 17.7 Å². The van der Waals surface area contributed by atoms with Crippen molar-refractivity contribution in [2.75, 3.05) is 0 Å². The molecule has 0 N–H and O–H groups in total. The molecule has 0 saturated heterocycles. The van der Waals surface area contributed by atoms with Crippen LogP contribution < -0.4 is 0 Å². The maximum absolute atomic E-state index is 10.7. The summed E-state index contributed by atoms with van der Waals surface area (Å²) in [6.45, 7) is 0.766. The van der Waals surface area contributed by atoms with Crippen molar-refractivity contribution in [3.05, 3.63) is 76.5 Å². The zero-order valence-electron chi connectivity index (χ0n) is 10.2. The third kappa shape index (κ3) is 2.20. The predicted octanol–water partition coefficient (Wildman–Crippen LogP) is 3.60. The molecule has 1 aromatic heterocycles. The highest BCUT2D eigenvalue weighted by molar-refractivity contribution is 5.82. The minimum Gasteiger partial charge on any atom is -0.343 e. The Hall–Kier alpha value is -2.62. The molecule has 0 aliphatic rings. The van der Waals surface area contributed by atoms with Crippen molar-refractivity contribution in [2.24, 2.45) is 0 Å². The van der Waals surface area contributed by atoms with Crippen molar-refractivity contribution in [1.82, 2.24) is 4.57 Å². The van der Waals surface area contributed by atoms with Gasteiger partial charge in [-0.3, -0.25) is 10.1 Å². The molecule has 4 heteroatoms. The van der Waals surface area contributed by atoms with Crippen molar-refractivity contribution < 1.29 is 4.92 Å². The summed E-state index contributed by atoms with van der Waals surface area (Å²) in [5.74, 6) is 0. The van der Waals surface area contributed by atoms with E-state index in [1.807, 2.05) is 30.5 Å². The molecule has 4 nitrogen and oxygen atoms in total. The number of fused-ring (bicyclic) bond motifs is 1. The SMILES string of the molecule is O=[N+]([O-])c1ccc2c(ccn2Cc2ccccc2)c1. The molecule has 0 amide bonds. The van der Waals surface area contributed by atoms with E-state index in [0.717, 1.165) is 17.4 Å². The number of nitro benzene ring substituents is 1. The van der Waals surface area contributed by atoms with E-state index in [2.05, 4.69) is 16.7 Å². The van der Waals surface area contributed by atoms with E-state index >= 15 is 0 Å². The van der Waals surface area contributed by atoms with Gasteiger partial charge in [-0.1, -0.05) is 30.3 Å². The Morgan fingerprint density at radius 1 is 1.05 bits per heavy atom. The summed E-state index contributed by atoms with van der Waals surface area (Å²) in [5, 5.41) is 11.6. The number of nitrogens with zero attached hydrogens (tertiary/aromatic N) is 2. The number of hydrogen-bond acceptors (Lipinski definition) is 2. The molecule has 0 atom stereocenters. The second-order valence-corrected chi connectivity index (χ2v) is 4.43. The molecule has 0 aliphatic heterocycles. The Bertz CT molecular complexity index is 732. The number of nitro groups is 1. The zero-order chi connectivity index (χ0) is 13.2. The number of hydrogen-bond donors (Lipinski definition) is 0. The molecule has 0 unspecified atom stereocenters. The van der Waals surface area contributed by atoms with E-state index < -0.39 is 0 Å². The highest BCUT2D eigenvalue weighted by Crippen LogP contribution is 2.22. The fourth-order valence-electron chi connectivity index (χ4n) is 2.22. The van der Waals surface area contributed by atoms with Crippen LogP contribution in [0, 0.1) is 10.1 Å². The van der Waals surface area contributed by atoms with E-state index in [9.17, 15) is 10.1 Å². The molecule has 0 radical (unpaired) electrons. The molecule has 0 aliphatic carbocycles. The summed E-state index contributed by atoms with van der Waals surface area (Å²) >= 11 is 0. The Labute approximate surface area is 110 Å². The van der Waals surface area contributed by atoms with Gasteiger partial charge in [-0.15, -0.1) is 0 Å². The summed E-state index contributed by atoms with van der Waals surface area (Å²) in [6, 6.07) is 17.0. The van der Waals surface area contributed by atoms with Crippen molar-refractivity contribution in [2.45, 2.75) is 6.54 Å². The van der Waals surface area contributed by atoms with Crippen LogP contribution in [0.2, 0.25) is 0 Å². The average Bonchev–Trinajstić information content (AvgIpc) is 2.82. The lowest BCUT2D eigenvalue weighted by Gasteiger charge is -2.05. The van der Waals surface area contributed by atoms with Gasteiger partial charge in [0.2, 0.25) is 0 Å². The van der Waals surface area contributed by atoms with Crippen LogP contribution in [0.1, 0.15) is 5.56 Å². The third-order valence-electron chi connectivity index (χ3n) is 3.16. The van der Waals surface area contributed by atoms with Crippen LogP contribution in [0.3, 0.4) is 0 Å². The van der Waals surface area contributed by atoms with E-state index in [1.54, 1.807) is 18.2 Å². The molecule has 2 aromatic carbocycles. The number of rotatable bonds is 3. The molecule has 3 aromatic rings. The van der Waals surface area contributed by atoms with Crippen LogP contribution in [0.25, 0.3) is 10.9 Å². The lowest BCUT2D eigenvalue weighted by atomic mass is 10.2. The fraction of sp³-hybridized carbons (Fsp3) is 0.0667. The van der Waals surface area contributed by atoms with E-state index in [4.69, 9.17) is 0 Å². The normalized spacial score (nSPS) is 10.7. The molecule has 0 fully saturated rings. The molecular weight excluding hydrogens is 240 g/mol. The topological polar surface area (TPSA) is 48.1 Å². The van der Waals surface area contributed by atoms with Gasteiger partial charge < -0.3 is 4.57 Å². The number of aromatic nitrogens is 1. The Balaban J connectivity index is 1.99. The van der Waals surface area contributed by atoms with Gasteiger partial charge in [0.05, 0.1) is 4.92 Å². The maximum atomic E-state index is 10.7. The molecular formula is C15H12N2O2. The standard InChI is InChI=1S/C15H12N2O2/c18-17(19)14-6-7-15-13(10-14)8-9-16(15)11-12-4-2-1-3-5-12/h1-10H,11H2. The van der Waals surface area contributed by atoms with Gasteiger partial charge in [0.15, 0.2) is 0 Å². The summed E-state index contributed by atoms with van der Waals surface area (Å²) in [5.41, 5.74) is 2.35. The highest BCUT2D eigenvalue weighted by Gasteiger charge is 2.08. The van der Waals surface area contributed by atoms with E-state index in [-0.39, 0.29) is 10.6 Å². The average molecular weight is 252 g/mol. The smallest absolute Gasteiger partial charge is 0.270 e. The van der Waals surface area contributed by atoms with Crippen LogP contribution in [-0.2, 0) is 6.54 Å². The highest BCUT2D eigenvalue weighted by atomic mass is 16.6. The molecule has 3 rings (SSSR count). The number of non-ortho nitro benzene ring substituents is 1. The van der Waals surface area contributed by atoms with Gasteiger partial charge >= 0.3 is 0 Å². The summed E-state index contributed by atoms with van der Waals surface area (Å²) < 4.78 is 2.09. The van der Waals surface area contributed by atoms with Crippen molar-refractivity contribution in [1.29, 1.82) is 0 Å². The van der Waals surface area contributed by atoms with E-state index in [0.29, 0.717) is 0 Å². The predicted molar refractivity (Wildman–Crippen MR) is 74.1 cm³/mol. The van der Waals surface area contributed by atoms with Crippen LogP contribution >= 0.6 is 0 Å². The van der Waals surface area contributed by atoms with Gasteiger partial charge in [-0.2, -0.15) is 0 Å². The van der Waals surface area contributed by atoms with Crippen molar-refractivity contribution in [3.8, 4) is 0 Å². The van der Waals surface area contributed by atoms with Gasteiger partial charge in [0, 0.05) is 35.8 Å². The first-order chi connectivity index (χ1) is 9.24. The Morgan fingerprint density at radius 3 is 2.58 bits per heavy atom. The lowest BCUT2D eigenvalue weighted by Crippen LogP contribution is -1.97. The van der Waals surface area contributed by atoms with Crippen LogP contribution in [-0.4, -0.2) is 9.49 Å². The molecule has 0 spiro atoms. The van der Waals surface area contributed by atoms with Crippen LogP contribution in [0.5, 0.6) is 0 Å². The lowest BCUT2D eigenvalue weighted by molar-refractivity contribution is -0.384. The molecule has 0 bridgehead atoms. The quantitative estimate of drug-likeness (QED) is 0.528. The Kier molecular flexibility index (Phi) is 2.76. The number of benzene rings is 2. The van der Waals surface area contributed by atoms with Crippen molar-refractivity contribution >= 4 is 16.6 Å². The fourth-order valence-corrected chi connectivity index (χ4v) is 2.22. The van der Waals surface area contributed by atoms with Crippen LogP contribution in [0.15, 0.2) is 60.8 Å². The van der Waals surface area contributed by atoms with Gasteiger partial charge in [0.25, 0.3) is 5.69 Å². The molecule has 94 valence electrons. The first-order valence-corrected chi connectivity index (χ1v) is 6.01. The molecule has 1 heterocycles. The van der Waals surface area contributed by atoms with Gasteiger partial charge in [-0.25, -0.2) is 0 Å². The minimum absolute atomic E-state index is 0.130. The monoisotopic (exact) mass is 252 g/mol. The summed E-state index contributed by atoms with van der Waals surface area (Å²) in [6.07, 6.45) is 1.96. The van der Waals surface area contributed by atoms with Crippen LogP contribution in [0.4, 0.5) is 5.69 Å². The summed E-state index contributed by atoms with van der Waals surface area (Å²) in [4.78, 5) is 10.4. The molecule has 0 saturated carbocycles. The Morgan fingerprint density at radius 2 is 1.84 bits per heavy atom. The third-order valence-corrected chi connectivity index (χ3v) is 3.16. The second-order valence-electron chi connectivity index (χ2n) is 4.43. The maximum Gasteiger partial charge on any atom is 0.270 e. The van der Waals surface area contributed by atoms with E-state index in [1.165, 1.54) is 5.56 Å². The first-order valence-electron chi connectivity index (χ1n) is 6.01. The largest absolute Gasteiger partial charge is 0.343 e. The molecule has 19 heavy (non-hydrogen) atoms. The summed E-state index contributed by atoms with van der Waals surface area (Å²) in [7, 11) is 0. The van der Waals surface area contributed by atoms with Crippen molar-refractivity contribution in [3.63, 3.8) is 0 Å². The second kappa shape index (κ2) is 4.57. The van der Waals surface area contributed by atoms with Gasteiger partial charge in [0.1, 0.15) is 0 Å².